The van der Waals surface area contributed by atoms with Crippen molar-refractivity contribution in [2.45, 2.75) is 51.7 Å². The summed E-state index contributed by atoms with van der Waals surface area (Å²) in [6, 6.07) is 5.94. The Hall–Kier alpha value is -2.51. The predicted molar refractivity (Wildman–Crippen MR) is 101 cm³/mol. The lowest BCUT2D eigenvalue weighted by Gasteiger charge is -2.24. The Balaban J connectivity index is 1.98. The fraction of sp³-hybridized carbons (Fsp3) is 0.474. The molecule has 0 bridgehead atoms. The monoisotopic (exact) mass is 379 g/mol. The second-order valence-corrected chi connectivity index (χ2v) is 6.90. The second kappa shape index (κ2) is 7.62. The molecule has 2 aromatic rings. The maximum absolute atomic E-state index is 13.4. The highest BCUT2D eigenvalue weighted by Crippen LogP contribution is 2.37. The van der Waals surface area contributed by atoms with E-state index in [4.69, 9.17) is 5.73 Å². The smallest absolute Gasteiger partial charge is 0.399 e. The van der Waals surface area contributed by atoms with Crippen LogP contribution in [0.15, 0.2) is 24.3 Å². The third-order valence-corrected chi connectivity index (χ3v) is 4.71. The molecule has 1 fully saturated rings. The van der Waals surface area contributed by atoms with Gasteiger partial charge in [-0.1, -0.05) is 13.3 Å². The Morgan fingerprint density at radius 1 is 1.26 bits per heavy atom. The quantitative estimate of drug-likeness (QED) is 0.733. The maximum atomic E-state index is 13.4. The number of anilines is 4. The number of rotatable bonds is 5. The van der Waals surface area contributed by atoms with Gasteiger partial charge in [-0.2, -0.15) is 18.2 Å². The number of halogens is 3. The molecule has 1 aromatic carbocycles. The Morgan fingerprint density at radius 2 is 2.04 bits per heavy atom. The molecule has 2 heterocycles. The summed E-state index contributed by atoms with van der Waals surface area (Å²) >= 11 is 0. The van der Waals surface area contributed by atoms with Crippen molar-refractivity contribution in [3.05, 3.63) is 35.5 Å². The first-order valence-corrected chi connectivity index (χ1v) is 9.16. The Bertz CT molecular complexity index is 806. The average molecular weight is 379 g/mol. The standard InChI is InChI=1S/C19H24F3N5/c1-3-5-14-11-17(27-9-4-6-12(27)2)26-18(24-14)25-16-8-7-13(23)10-15(16)19(20,21)22/h7-8,10-12H,3-6,9,23H2,1-2H3,(H,24,25,26)/t12-/m1/s1. The fourth-order valence-corrected chi connectivity index (χ4v) is 3.37. The van der Waals surface area contributed by atoms with Gasteiger partial charge < -0.3 is 16.0 Å². The second-order valence-electron chi connectivity index (χ2n) is 6.90. The molecule has 5 nitrogen and oxygen atoms in total. The first-order chi connectivity index (χ1) is 12.8. The normalized spacial score (nSPS) is 17.4. The molecule has 0 radical (unpaired) electrons. The van der Waals surface area contributed by atoms with E-state index in [-0.39, 0.29) is 17.3 Å². The van der Waals surface area contributed by atoms with Gasteiger partial charge in [0.25, 0.3) is 0 Å². The van der Waals surface area contributed by atoms with Gasteiger partial charge in [0.2, 0.25) is 5.95 Å². The third kappa shape index (κ3) is 4.43. The van der Waals surface area contributed by atoms with Gasteiger partial charge in [0.15, 0.2) is 0 Å². The van der Waals surface area contributed by atoms with Crippen LogP contribution in [0.3, 0.4) is 0 Å². The highest BCUT2D eigenvalue weighted by molar-refractivity contribution is 5.64. The number of alkyl halides is 3. The van der Waals surface area contributed by atoms with Crippen molar-refractivity contribution in [1.82, 2.24) is 9.97 Å². The van der Waals surface area contributed by atoms with E-state index in [2.05, 4.69) is 27.1 Å². The number of nitrogens with zero attached hydrogens (tertiary/aromatic N) is 3. The van der Waals surface area contributed by atoms with Crippen LogP contribution in [-0.4, -0.2) is 22.6 Å². The zero-order chi connectivity index (χ0) is 19.6. The SMILES string of the molecule is CCCc1cc(N2CCC[C@H]2C)nc(Nc2ccc(N)cc2C(F)(F)F)n1. The molecule has 27 heavy (non-hydrogen) atoms. The first kappa shape index (κ1) is 19.3. The largest absolute Gasteiger partial charge is 0.418 e. The van der Waals surface area contributed by atoms with Crippen molar-refractivity contribution in [3.8, 4) is 0 Å². The molecule has 0 unspecified atom stereocenters. The third-order valence-electron chi connectivity index (χ3n) is 4.71. The highest BCUT2D eigenvalue weighted by Gasteiger charge is 2.34. The lowest BCUT2D eigenvalue weighted by Crippen LogP contribution is -2.27. The molecule has 1 aliphatic heterocycles. The van der Waals surface area contributed by atoms with Gasteiger partial charge in [-0.15, -0.1) is 0 Å². The molecule has 1 atom stereocenters. The molecule has 146 valence electrons. The van der Waals surface area contributed by atoms with E-state index in [9.17, 15) is 13.2 Å². The van der Waals surface area contributed by atoms with E-state index in [0.29, 0.717) is 6.04 Å². The molecule has 8 heteroatoms. The minimum Gasteiger partial charge on any atom is -0.399 e. The summed E-state index contributed by atoms with van der Waals surface area (Å²) in [4.78, 5) is 11.1. The van der Waals surface area contributed by atoms with E-state index >= 15 is 0 Å². The van der Waals surface area contributed by atoms with Crippen LogP contribution in [0.1, 0.15) is 44.4 Å². The number of aryl methyl sites for hydroxylation is 1. The summed E-state index contributed by atoms with van der Waals surface area (Å²) in [6.45, 7) is 5.05. The van der Waals surface area contributed by atoms with Crippen LogP contribution in [0, 0.1) is 0 Å². The van der Waals surface area contributed by atoms with Crippen LogP contribution >= 0.6 is 0 Å². The van der Waals surface area contributed by atoms with Crippen LogP contribution in [0.5, 0.6) is 0 Å². The summed E-state index contributed by atoms with van der Waals surface area (Å²) in [5.41, 5.74) is 5.47. The summed E-state index contributed by atoms with van der Waals surface area (Å²) in [6.07, 6.45) is -0.744. The maximum Gasteiger partial charge on any atom is 0.418 e. The molecule has 1 aliphatic rings. The number of hydrogen-bond acceptors (Lipinski definition) is 5. The summed E-state index contributed by atoms with van der Waals surface area (Å²) in [7, 11) is 0. The van der Waals surface area contributed by atoms with Crippen LogP contribution < -0.4 is 16.0 Å². The summed E-state index contributed by atoms with van der Waals surface area (Å²) < 4.78 is 40.1. The topological polar surface area (TPSA) is 67.1 Å². The predicted octanol–water partition coefficient (Wildman–Crippen LogP) is 4.76. The van der Waals surface area contributed by atoms with Crippen molar-refractivity contribution in [2.24, 2.45) is 0 Å². The number of aromatic nitrogens is 2. The van der Waals surface area contributed by atoms with Gasteiger partial charge in [0.05, 0.1) is 11.3 Å². The number of nitrogen functional groups attached to an aromatic ring is 1. The van der Waals surface area contributed by atoms with Gasteiger partial charge in [0, 0.05) is 30.0 Å². The van der Waals surface area contributed by atoms with E-state index in [1.54, 1.807) is 0 Å². The van der Waals surface area contributed by atoms with Crippen LogP contribution in [-0.2, 0) is 12.6 Å². The molecular formula is C19H24F3N5. The average Bonchev–Trinajstić information content (AvgIpc) is 3.02. The van der Waals surface area contributed by atoms with Crippen molar-refractivity contribution in [2.75, 3.05) is 22.5 Å². The molecule has 0 aliphatic carbocycles. The van der Waals surface area contributed by atoms with E-state index < -0.39 is 11.7 Å². The molecule has 3 N–H and O–H groups in total. The van der Waals surface area contributed by atoms with Crippen molar-refractivity contribution >= 4 is 23.1 Å². The number of nitrogens with two attached hydrogens (primary N) is 1. The molecule has 0 spiro atoms. The summed E-state index contributed by atoms with van der Waals surface area (Å²) in [5, 5.41) is 2.76. The summed E-state index contributed by atoms with van der Waals surface area (Å²) in [5.74, 6) is 0.926. The number of hydrogen-bond donors (Lipinski definition) is 2. The lowest BCUT2D eigenvalue weighted by molar-refractivity contribution is -0.136. The molecule has 1 saturated heterocycles. The molecule has 1 aromatic heterocycles. The van der Waals surface area contributed by atoms with E-state index in [0.717, 1.165) is 49.8 Å². The fourth-order valence-electron chi connectivity index (χ4n) is 3.37. The van der Waals surface area contributed by atoms with Crippen molar-refractivity contribution in [3.63, 3.8) is 0 Å². The Kier molecular flexibility index (Phi) is 5.43. The van der Waals surface area contributed by atoms with Crippen molar-refractivity contribution < 1.29 is 13.2 Å². The zero-order valence-electron chi connectivity index (χ0n) is 15.5. The Morgan fingerprint density at radius 3 is 2.67 bits per heavy atom. The highest BCUT2D eigenvalue weighted by atomic mass is 19.4. The lowest BCUT2D eigenvalue weighted by atomic mass is 10.1. The molecule has 3 rings (SSSR count). The molecule has 0 saturated carbocycles. The molecule has 0 amide bonds. The van der Waals surface area contributed by atoms with Crippen LogP contribution in [0.4, 0.5) is 36.3 Å². The van der Waals surface area contributed by atoms with Crippen molar-refractivity contribution in [1.29, 1.82) is 0 Å². The minimum absolute atomic E-state index is 0.0557. The van der Waals surface area contributed by atoms with E-state index in [1.807, 2.05) is 13.0 Å². The number of benzene rings is 1. The van der Waals surface area contributed by atoms with Gasteiger partial charge in [0.1, 0.15) is 5.82 Å². The van der Waals surface area contributed by atoms with Crippen LogP contribution in [0.25, 0.3) is 0 Å². The number of nitrogens with one attached hydrogen (secondary N) is 1. The first-order valence-electron chi connectivity index (χ1n) is 9.16. The van der Waals surface area contributed by atoms with Crippen LogP contribution in [0.2, 0.25) is 0 Å². The Labute approximate surface area is 156 Å². The zero-order valence-corrected chi connectivity index (χ0v) is 15.5. The van der Waals surface area contributed by atoms with Gasteiger partial charge in [-0.05, 0) is 44.4 Å². The molecular weight excluding hydrogens is 355 g/mol. The van der Waals surface area contributed by atoms with Gasteiger partial charge in [-0.25, -0.2) is 4.98 Å². The van der Waals surface area contributed by atoms with E-state index in [1.165, 1.54) is 12.1 Å². The van der Waals surface area contributed by atoms with Gasteiger partial charge >= 0.3 is 6.18 Å². The minimum atomic E-state index is -4.52. The van der Waals surface area contributed by atoms with Gasteiger partial charge in [-0.3, -0.25) is 0 Å².